The van der Waals surface area contributed by atoms with Crippen molar-refractivity contribution in [2.75, 3.05) is 7.11 Å². The van der Waals surface area contributed by atoms with Crippen LogP contribution in [0.2, 0.25) is 0 Å². The maximum absolute atomic E-state index is 5.31. The van der Waals surface area contributed by atoms with Crippen LogP contribution in [0.5, 0.6) is 5.75 Å². The summed E-state index contributed by atoms with van der Waals surface area (Å²) in [5, 5.41) is 0. The van der Waals surface area contributed by atoms with Crippen molar-refractivity contribution in [3.05, 3.63) is 23.8 Å². The summed E-state index contributed by atoms with van der Waals surface area (Å²) >= 11 is 0. The maximum Gasteiger partial charge on any atom is 0.144 e. The first-order valence-electron chi connectivity index (χ1n) is 5.55. The van der Waals surface area contributed by atoms with Crippen LogP contribution >= 0.6 is 0 Å². The van der Waals surface area contributed by atoms with Gasteiger partial charge in [-0.1, -0.05) is 26.8 Å². The molecule has 0 saturated heterocycles. The minimum absolute atomic E-state index is 0.137. The molecule has 0 heterocycles. The van der Waals surface area contributed by atoms with Crippen molar-refractivity contribution in [3.63, 3.8) is 0 Å². The van der Waals surface area contributed by atoms with E-state index < -0.39 is 0 Å². The monoisotopic (exact) mass is 219 g/mol. The molecule has 0 aliphatic rings. The Kier molecular flexibility index (Phi) is 3.74. The van der Waals surface area contributed by atoms with Crippen molar-refractivity contribution >= 4 is 11.4 Å². The quantitative estimate of drug-likeness (QED) is 0.686. The van der Waals surface area contributed by atoms with Gasteiger partial charge < -0.3 is 4.74 Å². The fraction of sp³-hybridized carbons (Fsp3) is 0.500. The van der Waals surface area contributed by atoms with Crippen molar-refractivity contribution in [3.8, 4) is 5.75 Å². The van der Waals surface area contributed by atoms with Gasteiger partial charge in [0.1, 0.15) is 11.4 Å². The van der Waals surface area contributed by atoms with Crippen LogP contribution in [0.25, 0.3) is 0 Å². The molecule has 0 N–H and O–H groups in total. The summed E-state index contributed by atoms with van der Waals surface area (Å²) in [4.78, 5) is 4.50. The first-order valence-corrected chi connectivity index (χ1v) is 5.55. The summed E-state index contributed by atoms with van der Waals surface area (Å²) in [6.07, 6.45) is 0. The lowest BCUT2D eigenvalue weighted by Crippen LogP contribution is -2.10. The molecule has 1 rings (SSSR count). The molecule has 0 atom stereocenters. The van der Waals surface area contributed by atoms with Gasteiger partial charge >= 0.3 is 0 Å². The normalized spacial score (nSPS) is 11.1. The third-order valence-corrected chi connectivity index (χ3v) is 2.39. The Bertz CT molecular complexity index is 396. The van der Waals surface area contributed by atoms with Crippen LogP contribution in [0.1, 0.15) is 40.2 Å². The Balaban J connectivity index is 3.27. The zero-order valence-corrected chi connectivity index (χ0v) is 11.1. The Morgan fingerprint density at radius 1 is 1.19 bits per heavy atom. The molecule has 0 spiro atoms. The molecule has 0 unspecified atom stereocenters. The number of methoxy groups -OCH3 is 1. The van der Waals surface area contributed by atoms with Crippen molar-refractivity contribution in [2.45, 2.75) is 40.0 Å². The molecular formula is C14H21NO. The molecule has 0 saturated carbocycles. The summed E-state index contributed by atoms with van der Waals surface area (Å²) < 4.78 is 5.31. The third kappa shape index (κ3) is 3.09. The van der Waals surface area contributed by atoms with Crippen molar-refractivity contribution in [2.24, 2.45) is 4.99 Å². The van der Waals surface area contributed by atoms with Gasteiger partial charge in [0.25, 0.3) is 0 Å². The zero-order valence-electron chi connectivity index (χ0n) is 11.1. The van der Waals surface area contributed by atoms with Gasteiger partial charge in [-0.25, -0.2) is 0 Å². The summed E-state index contributed by atoms with van der Waals surface area (Å²) in [5.74, 6) is 0.828. The van der Waals surface area contributed by atoms with Gasteiger partial charge in [0.05, 0.1) is 7.11 Å². The summed E-state index contributed by atoms with van der Waals surface area (Å²) in [6.45, 7) is 10.6. The second-order valence-electron chi connectivity index (χ2n) is 5.20. The number of aliphatic imine (C=N–C) groups is 1. The van der Waals surface area contributed by atoms with E-state index in [0.717, 1.165) is 17.1 Å². The molecule has 2 heteroatoms. The van der Waals surface area contributed by atoms with Gasteiger partial charge in [0, 0.05) is 5.71 Å². The summed E-state index contributed by atoms with van der Waals surface area (Å²) in [5.41, 5.74) is 3.35. The Morgan fingerprint density at radius 2 is 1.81 bits per heavy atom. The lowest BCUT2D eigenvalue weighted by atomic mass is 9.87. The van der Waals surface area contributed by atoms with Crippen LogP contribution in [0, 0.1) is 0 Å². The van der Waals surface area contributed by atoms with E-state index in [-0.39, 0.29) is 5.41 Å². The molecule has 88 valence electrons. The highest BCUT2D eigenvalue weighted by Gasteiger charge is 2.15. The highest BCUT2D eigenvalue weighted by molar-refractivity contribution is 5.83. The van der Waals surface area contributed by atoms with E-state index >= 15 is 0 Å². The SMILES string of the molecule is COc1ccc(C(C)(C)C)cc1N=C(C)C. The fourth-order valence-corrected chi connectivity index (χ4v) is 1.48. The maximum atomic E-state index is 5.31. The number of benzene rings is 1. The van der Waals surface area contributed by atoms with Crippen molar-refractivity contribution in [1.29, 1.82) is 0 Å². The second-order valence-corrected chi connectivity index (χ2v) is 5.20. The van der Waals surface area contributed by atoms with E-state index in [9.17, 15) is 0 Å². The highest BCUT2D eigenvalue weighted by atomic mass is 16.5. The molecule has 0 aromatic heterocycles. The minimum Gasteiger partial charge on any atom is -0.494 e. The lowest BCUT2D eigenvalue weighted by Gasteiger charge is -2.20. The van der Waals surface area contributed by atoms with Crippen molar-refractivity contribution in [1.82, 2.24) is 0 Å². The van der Waals surface area contributed by atoms with Crippen LogP contribution in [0.15, 0.2) is 23.2 Å². The molecule has 0 fully saturated rings. The smallest absolute Gasteiger partial charge is 0.144 e. The number of hydrogen-bond acceptors (Lipinski definition) is 2. The molecule has 0 amide bonds. The summed E-state index contributed by atoms with van der Waals surface area (Å²) in [7, 11) is 1.68. The standard InChI is InChI=1S/C14H21NO/c1-10(2)15-12-9-11(14(3,4)5)7-8-13(12)16-6/h7-9H,1-6H3. The van der Waals surface area contributed by atoms with Crippen LogP contribution in [0.3, 0.4) is 0 Å². The van der Waals surface area contributed by atoms with Crippen LogP contribution in [-0.2, 0) is 5.41 Å². The second kappa shape index (κ2) is 4.69. The Labute approximate surface area is 98.4 Å². The molecule has 2 nitrogen and oxygen atoms in total. The average Bonchev–Trinajstić information content (AvgIpc) is 2.15. The highest BCUT2D eigenvalue weighted by Crippen LogP contribution is 2.33. The minimum atomic E-state index is 0.137. The van der Waals surface area contributed by atoms with Crippen LogP contribution in [-0.4, -0.2) is 12.8 Å². The average molecular weight is 219 g/mol. The van der Waals surface area contributed by atoms with Crippen molar-refractivity contribution < 1.29 is 4.74 Å². The predicted molar refractivity (Wildman–Crippen MR) is 70.1 cm³/mol. The molecular weight excluding hydrogens is 198 g/mol. The van der Waals surface area contributed by atoms with E-state index in [1.807, 2.05) is 19.9 Å². The molecule has 16 heavy (non-hydrogen) atoms. The molecule has 1 aromatic carbocycles. The van der Waals surface area contributed by atoms with E-state index in [1.165, 1.54) is 5.56 Å². The first-order chi connectivity index (χ1) is 7.34. The number of ether oxygens (including phenoxy) is 1. The molecule has 0 radical (unpaired) electrons. The van der Waals surface area contributed by atoms with Gasteiger partial charge in [0.15, 0.2) is 0 Å². The van der Waals surface area contributed by atoms with E-state index in [0.29, 0.717) is 0 Å². The topological polar surface area (TPSA) is 21.6 Å². The Hall–Kier alpha value is -1.31. The van der Waals surface area contributed by atoms with Gasteiger partial charge in [-0.3, -0.25) is 4.99 Å². The van der Waals surface area contributed by atoms with Gasteiger partial charge in [0.2, 0.25) is 0 Å². The number of hydrogen-bond donors (Lipinski definition) is 0. The van der Waals surface area contributed by atoms with Crippen LogP contribution in [0.4, 0.5) is 5.69 Å². The molecule has 0 aliphatic heterocycles. The summed E-state index contributed by atoms with van der Waals surface area (Å²) in [6, 6.07) is 6.19. The Morgan fingerprint density at radius 3 is 2.25 bits per heavy atom. The number of nitrogens with zero attached hydrogens (tertiary/aromatic N) is 1. The first kappa shape index (κ1) is 12.8. The van der Waals surface area contributed by atoms with Gasteiger partial charge in [-0.2, -0.15) is 0 Å². The van der Waals surface area contributed by atoms with E-state index in [2.05, 4.69) is 37.9 Å². The molecule has 1 aromatic rings. The largest absolute Gasteiger partial charge is 0.494 e. The van der Waals surface area contributed by atoms with E-state index in [1.54, 1.807) is 7.11 Å². The molecule has 0 bridgehead atoms. The van der Waals surface area contributed by atoms with E-state index in [4.69, 9.17) is 4.74 Å². The fourth-order valence-electron chi connectivity index (χ4n) is 1.48. The third-order valence-electron chi connectivity index (χ3n) is 2.39. The number of rotatable bonds is 2. The lowest BCUT2D eigenvalue weighted by molar-refractivity contribution is 0.415. The molecule has 0 aliphatic carbocycles. The van der Waals surface area contributed by atoms with Crippen LogP contribution < -0.4 is 4.74 Å². The zero-order chi connectivity index (χ0) is 12.3. The predicted octanol–water partition coefficient (Wildman–Crippen LogP) is 4.11. The van der Waals surface area contributed by atoms with Gasteiger partial charge in [-0.15, -0.1) is 0 Å². The van der Waals surface area contributed by atoms with Gasteiger partial charge in [-0.05, 0) is 37.0 Å².